The van der Waals surface area contributed by atoms with Gasteiger partial charge in [-0.1, -0.05) is 20.8 Å². The van der Waals surface area contributed by atoms with Crippen molar-refractivity contribution in [2.45, 2.75) is 32.7 Å². The minimum absolute atomic E-state index is 0.00919. The van der Waals surface area contributed by atoms with Gasteiger partial charge in [0, 0.05) is 18.0 Å². The second-order valence-electron chi connectivity index (χ2n) is 5.26. The molecule has 0 fully saturated rings. The number of anilines is 1. The first kappa shape index (κ1) is 11.0. The van der Waals surface area contributed by atoms with Crippen molar-refractivity contribution in [3.05, 3.63) is 11.8 Å². The number of carboxylic acid groups (broad SMARTS) is 1. The second kappa shape index (κ2) is 3.50. The van der Waals surface area contributed by atoms with Crippen LogP contribution in [0.1, 0.15) is 26.5 Å². The smallest absolute Gasteiger partial charge is 0.310 e. The molecule has 16 heavy (non-hydrogen) atoms. The zero-order valence-electron chi connectivity index (χ0n) is 9.82. The zero-order chi connectivity index (χ0) is 11.9. The van der Waals surface area contributed by atoms with E-state index >= 15 is 0 Å². The summed E-state index contributed by atoms with van der Waals surface area (Å²) in [6.45, 7) is 7.21. The number of nitrogens with zero attached hydrogens (tertiary/aromatic N) is 2. The van der Waals surface area contributed by atoms with E-state index in [1.54, 1.807) is 4.68 Å². The summed E-state index contributed by atoms with van der Waals surface area (Å²) in [6.07, 6.45) is 0. The van der Waals surface area contributed by atoms with E-state index in [1.807, 2.05) is 6.07 Å². The van der Waals surface area contributed by atoms with Crippen LogP contribution in [0, 0.1) is 5.92 Å². The number of hydrogen-bond acceptors (Lipinski definition) is 3. The lowest BCUT2D eigenvalue weighted by molar-refractivity contribution is -0.141. The molecule has 0 radical (unpaired) electrons. The van der Waals surface area contributed by atoms with Crippen LogP contribution >= 0.6 is 0 Å². The number of fused-ring (bicyclic) bond motifs is 1. The number of aromatic nitrogens is 2. The SMILES string of the molecule is CC(C)(C)c1cc2n(n1)CC(C(=O)O)CN2. The highest BCUT2D eigenvalue weighted by atomic mass is 16.4. The molecule has 2 heterocycles. The fraction of sp³-hybridized carbons (Fsp3) is 0.636. The van der Waals surface area contributed by atoms with Gasteiger partial charge >= 0.3 is 5.97 Å². The van der Waals surface area contributed by atoms with Gasteiger partial charge in [0.15, 0.2) is 0 Å². The van der Waals surface area contributed by atoms with Crippen molar-refractivity contribution in [3.63, 3.8) is 0 Å². The van der Waals surface area contributed by atoms with Gasteiger partial charge in [-0.15, -0.1) is 0 Å². The van der Waals surface area contributed by atoms with E-state index in [1.165, 1.54) is 0 Å². The summed E-state index contributed by atoms with van der Waals surface area (Å²) in [5, 5.41) is 16.5. The lowest BCUT2D eigenvalue weighted by Gasteiger charge is -2.21. The third-order valence-electron chi connectivity index (χ3n) is 2.82. The van der Waals surface area contributed by atoms with Gasteiger partial charge in [0.05, 0.1) is 18.2 Å². The molecule has 0 aliphatic carbocycles. The Bertz CT molecular complexity index is 417. The average Bonchev–Trinajstić information content (AvgIpc) is 2.58. The first-order valence-electron chi connectivity index (χ1n) is 5.43. The first-order chi connectivity index (χ1) is 7.38. The molecule has 0 saturated carbocycles. The Balaban J connectivity index is 2.27. The molecule has 0 spiro atoms. The van der Waals surface area contributed by atoms with Crippen molar-refractivity contribution < 1.29 is 9.90 Å². The maximum absolute atomic E-state index is 10.9. The van der Waals surface area contributed by atoms with Crippen LogP contribution in [0.3, 0.4) is 0 Å². The largest absolute Gasteiger partial charge is 0.481 e. The van der Waals surface area contributed by atoms with E-state index in [9.17, 15) is 4.79 Å². The molecule has 2 rings (SSSR count). The minimum Gasteiger partial charge on any atom is -0.481 e. The van der Waals surface area contributed by atoms with Crippen LogP contribution in [0.15, 0.2) is 6.07 Å². The molecule has 1 aromatic rings. The molecule has 0 bridgehead atoms. The van der Waals surface area contributed by atoms with E-state index in [2.05, 4.69) is 31.2 Å². The quantitative estimate of drug-likeness (QED) is 0.753. The molecule has 1 unspecified atom stereocenters. The van der Waals surface area contributed by atoms with Crippen LogP contribution in [0.5, 0.6) is 0 Å². The van der Waals surface area contributed by atoms with Crippen molar-refractivity contribution in [1.29, 1.82) is 0 Å². The Kier molecular flexibility index (Phi) is 2.40. The summed E-state index contributed by atoms with van der Waals surface area (Å²) >= 11 is 0. The minimum atomic E-state index is -0.772. The Morgan fingerprint density at radius 1 is 1.62 bits per heavy atom. The second-order valence-corrected chi connectivity index (χ2v) is 5.26. The number of nitrogens with one attached hydrogen (secondary N) is 1. The normalized spacial score (nSPS) is 20.1. The predicted molar refractivity (Wildman–Crippen MR) is 60.5 cm³/mol. The number of carboxylic acids is 1. The molecule has 0 saturated heterocycles. The summed E-state index contributed by atoms with van der Waals surface area (Å²) in [5.74, 6) is -0.242. The van der Waals surface area contributed by atoms with Crippen LogP contribution in [-0.4, -0.2) is 27.4 Å². The number of aliphatic carboxylic acids is 1. The van der Waals surface area contributed by atoms with E-state index in [0.717, 1.165) is 11.5 Å². The number of rotatable bonds is 1. The van der Waals surface area contributed by atoms with Crippen LogP contribution in [0.2, 0.25) is 0 Å². The van der Waals surface area contributed by atoms with E-state index in [-0.39, 0.29) is 11.3 Å². The van der Waals surface area contributed by atoms with Crippen molar-refractivity contribution in [3.8, 4) is 0 Å². The van der Waals surface area contributed by atoms with Gasteiger partial charge in [-0.25, -0.2) is 4.68 Å². The fourth-order valence-electron chi connectivity index (χ4n) is 1.73. The van der Waals surface area contributed by atoms with Crippen LogP contribution < -0.4 is 5.32 Å². The molecule has 2 N–H and O–H groups in total. The standard InChI is InChI=1S/C11H17N3O2/c1-11(2,3)8-4-9-12-5-7(10(15)16)6-14(9)13-8/h4,7,12H,5-6H2,1-3H3,(H,15,16). The van der Waals surface area contributed by atoms with Gasteiger partial charge < -0.3 is 10.4 Å². The molecule has 88 valence electrons. The van der Waals surface area contributed by atoms with Crippen molar-refractivity contribution >= 4 is 11.8 Å². The summed E-state index contributed by atoms with van der Waals surface area (Å²) in [5.41, 5.74) is 0.978. The third-order valence-corrected chi connectivity index (χ3v) is 2.82. The van der Waals surface area contributed by atoms with E-state index in [0.29, 0.717) is 13.1 Å². The highest BCUT2D eigenvalue weighted by Crippen LogP contribution is 2.26. The van der Waals surface area contributed by atoms with E-state index in [4.69, 9.17) is 5.11 Å². The molecule has 0 aromatic carbocycles. The topological polar surface area (TPSA) is 67.2 Å². The van der Waals surface area contributed by atoms with Gasteiger partial charge in [-0.3, -0.25) is 4.79 Å². The Hall–Kier alpha value is -1.52. The lowest BCUT2D eigenvalue weighted by Crippen LogP contribution is -2.33. The Labute approximate surface area is 94.5 Å². The van der Waals surface area contributed by atoms with Gasteiger partial charge in [0.1, 0.15) is 5.82 Å². The van der Waals surface area contributed by atoms with Crippen LogP contribution in [-0.2, 0) is 16.8 Å². The Morgan fingerprint density at radius 3 is 2.88 bits per heavy atom. The summed E-state index contributed by atoms with van der Waals surface area (Å²) in [7, 11) is 0. The van der Waals surface area contributed by atoms with Gasteiger partial charge in [0.2, 0.25) is 0 Å². The van der Waals surface area contributed by atoms with Crippen LogP contribution in [0.25, 0.3) is 0 Å². The molecule has 1 aliphatic rings. The average molecular weight is 223 g/mol. The summed E-state index contributed by atoms with van der Waals surface area (Å²) < 4.78 is 1.75. The maximum Gasteiger partial charge on any atom is 0.310 e. The molecule has 1 aliphatic heterocycles. The molecule has 1 aromatic heterocycles. The van der Waals surface area contributed by atoms with Crippen molar-refractivity contribution in [2.24, 2.45) is 5.92 Å². The summed E-state index contributed by atoms with van der Waals surface area (Å²) in [4.78, 5) is 10.9. The van der Waals surface area contributed by atoms with Crippen molar-refractivity contribution in [1.82, 2.24) is 9.78 Å². The van der Waals surface area contributed by atoms with Crippen LogP contribution in [0.4, 0.5) is 5.82 Å². The molecule has 5 heteroatoms. The van der Waals surface area contributed by atoms with Gasteiger partial charge in [-0.2, -0.15) is 5.10 Å². The predicted octanol–water partition coefficient (Wildman–Crippen LogP) is 1.31. The molecular weight excluding hydrogens is 206 g/mol. The lowest BCUT2D eigenvalue weighted by atomic mass is 9.92. The molecule has 0 amide bonds. The van der Waals surface area contributed by atoms with E-state index < -0.39 is 5.97 Å². The molecule has 1 atom stereocenters. The molecular formula is C11H17N3O2. The summed E-state index contributed by atoms with van der Waals surface area (Å²) in [6, 6.07) is 2.00. The van der Waals surface area contributed by atoms with Gasteiger partial charge in [0.25, 0.3) is 0 Å². The fourth-order valence-corrected chi connectivity index (χ4v) is 1.73. The first-order valence-corrected chi connectivity index (χ1v) is 5.43. The number of carbonyl (C=O) groups is 1. The molecule has 5 nitrogen and oxygen atoms in total. The third kappa shape index (κ3) is 1.89. The highest BCUT2D eigenvalue weighted by Gasteiger charge is 2.27. The zero-order valence-corrected chi connectivity index (χ0v) is 9.82. The van der Waals surface area contributed by atoms with Crippen molar-refractivity contribution in [2.75, 3.05) is 11.9 Å². The Morgan fingerprint density at radius 2 is 2.31 bits per heavy atom. The van der Waals surface area contributed by atoms with Gasteiger partial charge in [-0.05, 0) is 0 Å². The highest BCUT2D eigenvalue weighted by molar-refractivity contribution is 5.71. The number of hydrogen-bond donors (Lipinski definition) is 2. The maximum atomic E-state index is 10.9. The monoisotopic (exact) mass is 223 g/mol.